The summed E-state index contributed by atoms with van der Waals surface area (Å²) >= 11 is 0. The van der Waals surface area contributed by atoms with Crippen LogP contribution in [-0.2, 0) is 0 Å². The van der Waals surface area contributed by atoms with Crippen LogP contribution in [-0.4, -0.2) is 66.6 Å². The summed E-state index contributed by atoms with van der Waals surface area (Å²) < 4.78 is 0. The molecule has 2 unspecified atom stereocenters. The van der Waals surface area contributed by atoms with E-state index in [2.05, 4.69) is 45.4 Å². The molecule has 2 saturated heterocycles. The number of hydrogen-bond acceptors (Lipinski definition) is 4. The molecule has 3 rings (SSSR count). The summed E-state index contributed by atoms with van der Waals surface area (Å²) in [5.41, 5.74) is 1.32. The Bertz CT molecular complexity index is 416. The van der Waals surface area contributed by atoms with Crippen molar-refractivity contribution >= 4 is 0 Å². The summed E-state index contributed by atoms with van der Waals surface area (Å²) in [6.45, 7) is 5.54. The molecule has 2 aliphatic heterocycles. The van der Waals surface area contributed by atoms with Gasteiger partial charge >= 0.3 is 0 Å². The second-order valence-electron chi connectivity index (χ2n) is 6.03. The van der Waals surface area contributed by atoms with E-state index in [0.29, 0.717) is 12.0 Å². The van der Waals surface area contributed by atoms with Gasteiger partial charge in [0.25, 0.3) is 0 Å². The molecule has 1 aromatic rings. The second-order valence-corrected chi connectivity index (χ2v) is 6.03. The largest absolute Gasteiger partial charge is 0.344 e. The van der Waals surface area contributed by atoms with Crippen LogP contribution < -0.4 is 5.32 Å². The summed E-state index contributed by atoms with van der Waals surface area (Å²) in [7, 11) is 4.39. The van der Waals surface area contributed by atoms with Crippen LogP contribution in [0.4, 0.5) is 0 Å². The van der Waals surface area contributed by atoms with Crippen molar-refractivity contribution in [3.05, 3.63) is 17.7 Å². The van der Waals surface area contributed by atoms with Crippen molar-refractivity contribution < 1.29 is 0 Å². The number of likely N-dealkylation sites (tertiary alicyclic amines) is 1. The standard InChI is InChI=1S/C14H25N5/c1-18-6-3-4-11(10-18)12-8-16-14(17-12)13-9-15-5-7-19(13)2/h8,11,13,15H,3-7,9-10H2,1-2H3,(H,16,17). The number of imidazole rings is 1. The molecule has 1 aromatic heterocycles. The molecule has 5 nitrogen and oxygen atoms in total. The van der Waals surface area contributed by atoms with Gasteiger partial charge in [-0.05, 0) is 33.5 Å². The SMILES string of the molecule is CN1CCCC(c2cnc(C3CNCCN3C)[nH]2)C1. The van der Waals surface area contributed by atoms with Gasteiger partial charge in [0.1, 0.15) is 5.82 Å². The van der Waals surface area contributed by atoms with E-state index in [1.54, 1.807) is 0 Å². The lowest BCUT2D eigenvalue weighted by atomic mass is 9.96. The van der Waals surface area contributed by atoms with Gasteiger partial charge < -0.3 is 15.2 Å². The van der Waals surface area contributed by atoms with Crippen molar-refractivity contribution in [3.8, 4) is 0 Å². The van der Waals surface area contributed by atoms with Gasteiger partial charge in [-0.25, -0.2) is 4.98 Å². The molecular formula is C14H25N5. The fourth-order valence-corrected chi connectivity index (χ4v) is 3.26. The molecule has 2 aliphatic rings. The zero-order valence-corrected chi connectivity index (χ0v) is 12.0. The number of aromatic nitrogens is 2. The number of hydrogen-bond donors (Lipinski definition) is 2. The number of H-pyrrole nitrogens is 1. The number of piperazine rings is 1. The number of nitrogens with zero attached hydrogens (tertiary/aromatic N) is 3. The molecule has 0 amide bonds. The zero-order valence-electron chi connectivity index (χ0n) is 12.0. The smallest absolute Gasteiger partial charge is 0.124 e. The van der Waals surface area contributed by atoms with E-state index in [9.17, 15) is 0 Å². The van der Waals surface area contributed by atoms with Crippen LogP contribution in [0, 0.1) is 0 Å². The summed E-state index contributed by atoms with van der Waals surface area (Å²) in [5, 5.41) is 3.45. The van der Waals surface area contributed by atoms with Gasteiger partial charge in [-0.1, -0.05) is 0 Å². The molecule has 106 valence electrons. The van der Waals surface area contributed by atoms with Gasteiger partial charge in [0.05, 0.1) is 6.04 Å². The van der Waals surface area contributed by atoms with E-state index >= 15 is 0 Å². The molecule has 0 radical (unpaired) electrons. The molecule has 0 aliphatic carbocycles. The van der Waals surface area contributed by atoms with E-state index in [0.717, 1.165) is 32.0 Å². The van der Waals surface area contributed by atoms with E-state index in [1.807, 2.05) is 0 Å². The third-order valence-corrected chi connectivity index (χ3v) is 4.51. The molecule has 0 saturated carbocycles. The van der Waals surface area contributed by atoms with Gasteiger partial charge in [-0.15, -0.1) is 0 Å². The first-order valence-electron chi connectivity index (χ1n) is 7.38. The van der Waals surface area contributed by atoms with Crippen LogP contribution in [0.5, 0.6) is 0 Å². The van der Waals surface area contributed by atoms with Crippen LogP contribution in [0.15, 0.2) is 6.20 Å². The molecule has 2 atom stereocenters. The highest BCUT2D eigenvalue weighted by Gasteiger charge is 2.25. The Hall–Kier alpha value is -0.910. The first-order valence-corrected chi connectivity index (χ1v) is 7.38. The Kier molecular flexibility index (Phi) is 3.86. The summed E-state index contributed by atoms with van der Waals surface area (Å²) in [6, 6.07) is 0.392. The topological polar surface area (TPSA) is 47.2 Å². The summed E-state index contributed by atoms with van der Waals surface area (Å²) in [4.78, 5) is 13.0. The van der Waals surface area contributed by atoms with Gasteiger partial charge in [-0.3, -0.25) is 4.90 Å². The van der Waals surface area contributed by atoms with Crippen LogP contribution in [0.2, 0.25) is 0 Å². The monoisotopic (exact) mass is 263 g/mol. The highest BCUT2D eigenvalue weighted by atomic mass is 15.2. The lowest BCUT2D eigenvalue weighted by molar-refractivity contribution is 0.194. The minimum atomic E-state index is 0.392. The molecular weight excluding hydrogens is 238 g/mol. The van der Waals surface area contributed by atoms with E-state index in [4.69, 9.17) is 0 Å². The predicted octanol–water partition coefficient (Wildman–Crippen LogP) is 0.795. The average Bonchev–Trinajstić information content (AvgIpc) is 2.89. The summed E-state index contributed by atoms with van der Waals surface area (Å²) in [6.07, 6.45) is 4.63. The molecule has 0 aromatic carbocycles. The van der Waals surface area contributed by atoms with Crippen LogP contribution in [0.1, 0.15) is 36.3 Å². The number of aromatic amines is 1. The quantitative estimate of drug-likeness (QED) is 0.828. The van der Waals surface area contributed by atoms with Gasteiger partial charge in [0.15, 0.2) is 0 Å². The van der Waals surface area contributed by atoms with Crippen molar-refractivity contribution in [1.82, 2.24) is 25.1 Å². The Morgan fingerprint density at radius 2 is 2.21 bits per heavy atom. The van der Waals surface area contributed by atoms with Crippen LogP contribution in [0.25, 0.3) is 0 Å². The van der Waals surface area contributed by atoms with Crippen molar-refractivity contribution in [3.63, 3.8) is 0 Å². The normalized spacial score (nSPS) is 30.6. The van der Waals surface area contributed by atoms with Crippen molar-refractivity contribution in [2.75, 3.05) is 46.8 Å². The third kappa shape index (κ3) is 2.83. The lowest BCUT2D eigenvalue weighted by Crippen LogP contribution is -2.44. The van der Waals surface area contributed by atoms with E-state index in [1.165, 1.54) is 25.1 Å². The highest BCUT2D eigenvalue weighted by Crippen LogP contribution is 2.26. The van der Waals surface area contributed by atoms with Gasteiger partial charge in [0, 0.05) is 44.0 Å². The molecule has 5 heteroatoms. The van der Waals surface area contributed by atoms with E-state index < -0.39 is 0 Å². The molecule has 2 fully saturated rings. The second kappa shape index (κ2) is 5.61. The maximum absolute atomic E-state index is 4.63. The molecule has 0 bridgehead atoms. The Morgan fingerprint density at radius 3 is 3.00 bits per heavy atom. The van der Waals surface area contributed by atoms with Crippen LogP contribution in [0.3, 0.4) is 0 Å². The minimum absolute atomic E-state index is 0.392. The number of nitrogens with one attached hydrogen (secondary N) is 2. The maximum atomic E-state index is 4.63. The summed E-state index contributed by atoms with van der Waals surface area (Å²) in [5.74, 6) is 1.75. The zero-order chi connectivity index (χ0) is 13.2. The Morgan fingerprint density at radius 1 is 1.32 bits per heavy atom. The Labute approximate surface area is 115 Å². The van der Waals surface area contributed by atoms with Crippen molar-refractivity contribution in [2.45, 2.75) is 24.8 Å². The minimum Gasteiger partial charge on any atom is -0.344 e. The van der Waals surface area contributed by atoms with Gasteiger partial charge in [-0.2, -0.15) is 0 Å². The maximum Gasteiger partial charge on any atom is 0.124 e. The molecule has 3 heterocycles. The highest BCUT2D eigenvalue weighted by molar-refractivity contribution is 5.12. The lowest BCUT2D eigenvalue weighted by Gasteiger charge is -2.32. The van der Waals surface area contributed by atoms with Crippen LogP contribution >= 0.6 is 0 Å². The number of likely N-dealkylation sites (N-methyl/N-ethyl adjacent to an activating group) is 2. The fourth-order valence-electron chi connectivity index (χ4n) is 3.26. The molecule has 2 N–H and O–H groups in total. The van der Waals surface area contributed by atoms with Crippen molar-refractivity contribution in [1.29, 1.82) is 0 Å². The third-order valence-electron chi connectivity index (χ3n) is 4.51. The first kappa shape index (κ1) is 13.1. The molecule has 0 spiro atoms. The van der Waals surface area contributed by atoms with Crippen molar-refractivity contribution in [2.24, 2.45) is 0 Å². The average molecular weight is 263 g/mol. The Balaban J connectivity index is 1.71. The predicted molar refractivity (Wildman–Crippen MR) is 76.3 cm³/mol. The van der Waals surface area contributed by atoms with E-state index in [-0.39, 0.29) is 0 Å². The van der Waals surface area contributed by atoms with Gasteiger partial charge in [0.2, 0.25) is 0 Å². The molecule has 19 heavy (non-hydrogen) atoms. The fraction of sp³-hybridized carbons (Fsp3) is 0.786. The number of piperidine rings is 1. The first-order chi connectivity index (χ1) is 9.24. The number of rotatable bonds is 2.